The molecule has 2 rings (SSSR count). The molecular formula is C12H19BrN2S. The predicted octanol–water partition coefficient (Wildman–Crippen LogP) is 3.30. The average molecular weight is 303 g/mol. The molecule has 2 nitrogen and oxygen atoms in total. The van der Waals surface area contributed by atoms with Crippen molar-refractivity contribution in [3.8, 4) is 0 Å². The number of hydrogen-bond donors (Lipinski definition) is 1. The Morgan fingerprint density at radius 2 is 2.38 bits per heavy atom. The van der Waals surface area contributed by atoms with E-state index in [1.54, 1.807) is 0 Å². The Bertz CT molecular complexity index is 342. The predicted molar refractivity (Wildman–Crippen MR) is 74.0 cm³/mol. The second-order valence-corrected chi connectivity index (χ2v) is 6.63. The zero-order chi connectivity index (χ0) is 11.7. The maximum absolute atomic E-state index is 6.24. The molecule has 1 saturated heterocycles. The van der Waals surface area contributed by atoms with E-state index in [0.29, 0.717) is 12.1 Å². The molecule has 1 aromatic heterocycles. The molecule has 1 fully saturated rings. The van der Waals surface area contributed by atoms with E-state index in [9.17, 15) is 0 Å². The van der Waals surface area contributed by atoms with Crippen molar-refractivity contribution in [1.29, 1.82) is 0 Å². The lowest BCUT2D eigenvalue weighted by molar-refractivity contribution is 0.251. The van der Waals surface area contributed by atoms with Crippen LogP contribution in [0.1, 0.15) is 35.6 Å². The zero-order valence-corrected chi connectivity index (χ0v) is 12.3. The van der Waals surface area contributed by atoms with E-state index in [2.05, 4.69) is 40.7 Å². The van der Waals surface area contributed by atoms with Gasteiger partial charge in [-0.05, 0) is 48.3 Å². The van der Waals surface area contributed by atoms with Gasteiger partial charge in [0.05, 0.1) is 6.04 Å². The minimum absolute atomic E-state index is 0.302. The third kappa shape index (κ3) is 2.35. The molecule has 1 aliphatic rings. The van der Waals surface area contributed by atoms with Crippen LogP contribution in [0.4, 0.5) is 0 Å². The number of aryl methyl sites for hydroxylation is 1. The SMILES string of the molecule is CCCN1CCC(N)C1c1cc(Br)c(C)s1. The molecule has 16 heavy (non-hydrogen) atoms. The maximum atomic E-state index is 6.24. The molecule has 1 aliphatic heterocycles. The van der Waals surface area contributed by atoms with Crippen molar-refractivity contribution in [1.82, 2.24) is 4.90 Å². The summed E-state index contributed by atoms with van der Waals surface area (Å²) >= 11 is 5.47. The van der Waals surface area contributed by atoms with Crippen molar-refractivity contribution in [2.24, 2.45) is 5.73 Å². The van der Waals surface area contributed by atoms with Gasteiger partial charge < -0.3 is 5.73 Å². The summed E-state index contributed by atoms with van der Waals surface area (Å²) < 4.78 is 1.23. The number of likely N-dealkylation sites (tertiary alicyclic amines) is 1. The van der Waals surface area contributed by atoms with Gasteiger partial charge in [-0.1, -0.05) is 6.92 Å². The van der Waals surface area contributed by atoms with Crippen LogP contribution in [-0.4, -0.2) is 24.0 Å². The number of nitrogens with two attached hydrogens (primary N) is 1. The lowest BCUT2D eigenvalue weighted by Gasteiger charge is -2.25. The van der Waals surface area contributed by atoms with Crippen LogP contribution in [-0.2, 0) is 0 Å². The molecule has 4 heteroatoms. The summed E-state index contributed by atoms with van der Waals surface area (Å²) in [7, 11) is 0. The Kier molecular flexibility index (Phi) is 4.06. The summed E-state index contributed by atoms with van der Waals surface area (Å²) in [6.07, 6.45) is 2.33. The molecule has 0 bridgehead atoms. The van der Waals surface area contributed by atoms with Crippen LogP contribution in [0.5, 0.6) is 0 Å². The normalized spacial score (nSPS) is 26.5. The Balaban J connectivity index is 2.22. The third-order valence-electron chi connectivity index (χ3n) is 3.23. The molecule has 90 valence electrons. The average Bonchev–Trinajstić information content (AvgIpc) is 2.73. The molecule has 0 radical (unpaired) electrons. The van der Waals surface area contributed by atoms with Crippen molar-refractivity contribution in [3.63, 3.8) is 0 Å². The standard InChI is InChI=1S/C12H19BrN2S/c1-3-5-15-6-4-10(14)12(15)11-7-9(13)8(2)16-11/h7,10,12H,3-6,14H2,1-2H3. The van der Waals surface area contributed by atoms with Crippen molar-refractivity contribution in [3.05, 3.63) is 20.3 Å². The Hall–Kier alpha value is 0.1000. The highest BCUT2D eigenvalue weighted by Gasteiger charge is 2.33. The van der Waals surface area contributed by atoms with Gasteiger partial charge >= 0.3 is 0 Å². The molecule has 0 spiro atoms. The van der Waals surface area contributed by atoms with E-state index in [0.717, 1.165) is 19.5 Å². The fourth-order valence-corrected chi connectivity index (χ4v) is 4.21. The van der Waals surface area contributed by atoms with Crippen LogP contribution in [0.15, 0.2) is 10.5 Å². The number of thiophene rings is 1. The first-order chi connectivity index (χ1) is 7.63. The van der Waals surface area contributed by atoms with Gasteiger partial charge in [0.1, 0.15) is 0 Å². The second kappa shape index (κ2) is 5.17. The molecule has 0 amide bonds. The molecule has 2 atom stereocenters. The highest BCUT2D eigenvalue weighted by atomic mass is 79.9. The van der Waals surface area contributed by atoms with Gasteiger partial charge in [0.15, 0.2) is 0 Å². The quantitative estimate of drug-likeness (QED) is 0.928. The number of nitrogens with zero attached hydrogens (tertiary/aromatic N) is 1. The van der Waals surface area contributed by atoms with Gasteiger partial charge in [-0.25, -0.2) is 0 Å². The molecule has 0 aliphatic carbocycles. The van der Waals surface area contributed by atoms with Gasteiger partial charge in [0.25, 0.3) is 0 Å². The van der Waals surface area contributed by atoms with Crippen molar-refractivity contribution in [2.45, 2.75) is 38.8 Å². The van der Waals surface area contributed by atoms with E-state index >= 15 is 0 Å². The van der Waals surface area contributed by atoms with Crippen molar-refractivity contribution >= 4 is 27.3 Å². The van der Waals surface area contributed by atoms with Crippen LogP contribution in [0.3, 0.4) is 0 Å². The van der Waals surface area contributed by atoms with Crippen LogP contribution < -0.4 is 5.73 Å². The molecule has 0 saturated carbocycles. The lowest BCUT2D eigenvalue weighted by Crippen LogP contribution is -2.31. The first kappa shape index (κ1) is 12.6. The summed E-state index contributed by atoms with van der Waals surface area (Å²) in [5.41, 5.74) is 6.24. The molecule has 2 heterocycles. The Labute approximate surface area is 110 Å². The Morgan fingerprint density at radius 1 is 1.62 bits per heavy atom. The molecule has 2 unspecified atom stereocenters. The largest absolute Gasteiger partial charge is 0.326 e. The van der Waals surface area contributed by atoms with Crippen LogP contribution in [0.2, 0.25) is 0 Å². The summed E-state index contributed by atoms with van der Waals surface area (Å²) in [5, 5.41) is 0. The first-order valence-corrected chi connectivity index (χ1v) is 7.50. The van der Waals surface area contributed by atoms with Gasteiger partial charge in [-0.15, -0.1) is 11.3 Å². The highest BCUT2D eigenvalue weighted by molar-refractivity contribution is 9.10. The van der Waals surface area contributed by atoms with Gasteiger partial charge in [-0.2, -0.15) is 0 Å². The summed E-state index contributed by atoms with van der Waals surface area (Å²) in [4.78, 5) is 5.30. The van der Waals surface area contributed by atoms with E-state index < -0.39 is 0 Å². The topological polar surface area (TPSA) is 29.3 Å². The highest BCUT2D eigenvalue weighted by Crippen LogP contribution is 2.38. The van der Waals surface area contributed by atoms with Crippen molar-refractivity contribution < 1.29 is 0 Å². The van der Waals surface area contributed by atoms with Crippen LogP contribution in [0, 0.1) is 6.92 Å². The van der Waals surface area contributed by atoms with Gasteiger partial charge in [-0.3, -0.25) is 4.90 Å². The third-order valence-corrected chi connectivity index (χ3v) is 5.43. The minimum Gasteiger partial charge on any atom is -0.326 e. The smallest absolute Gasteiger partial charge is 0.0594 e. The molecule has 2 N–H and O–H groups in total. The van der Waals surface area contributed by atoms with Crippen LogP contribution >= 0.6 is 27.3 Å². The fourth-order valence-electron chi connectivity index (χ4n) is 2.44. The fraction of sp³-hybridized carbons (Fsp3) is 0.667. The van der Waals surface area contributed by atoms with E-state index in [1.165, 1.54) is 20.6 Å². The molecule has 0 aromatic carbocycles. The number of hydrogen-bond acceptors (Lipinski definition) is 3. The minimum atomic E-state index is 0.302. The number of rotatable bonds is 3. The molecular weight excluding hydrogens is 284 g/mol. The maximum Gasteiger partial charge on any atom is 0.0594 e. The van der Waals surface area contributed by atoms with E-state index in [-0.39, 0.29) is 0 Å². The first-order valence-electron chi connectivity index (χ1n) is 5.89. The zero-order valence-electron chi connectivity index (χ0n) is 9.87. The van der Waals surface area contributed by atoms with Crippen LogP contribution in [0.25, 0.3) is 0 Å². The van der Waals surface area contributed by atoms with Crippen molar-refractivity contribution in [2.75, 3.05) is 13.1 Å². The molecule has 1 aromatic rings. The summed E-state index contributed by atoms with van der Waals surface area (Å²) in [6, 6.07) is 2.99. The Morgan fingerprint density at radius 3 is 2.94 bits per heavy atom. The van der Waals surface area contributed by atoms with Gasteiger partial charge in [0, 0.05) is 26.8 Å². The second-order valence-electron chi connectivity index (χ2n) is 4.49. The van der Waals surface area contributed by atoms with E-state index in [1.807, 2.05) is 11.3 Å². The summed E-state index contributed by atoms with van der Waals surface area (Å²) in [5.74, 6) is 0. The summed E-state index contributed by atoms with van der Waals surface area (Å²) in [6.45, 7) is 6.69. The lowest BCUT2D eigenvalue weighted by atomic mass is 10.1. The van der Waals surface area contributed by atoms with E-state index in [4.69, 9.17) is 5.73 Å². The van der Waals surface area contributed by atoms with Gasteiger partial charge in [0.2, 0.25) is 0 Å². The monoisotopic (exact) mass is 302 g/mol. The number of halogens is 1.